The van der Waals surface area contributed by atoms with Crippen molar-refractivity contribution in [2.24, 2.45) is 5.92 Å². The van der Waals surface area contributed by atoms with Crippen molar-refractivity contribution in [1.29, 1.82) is 0 Å². The fourth-order valence-corrected chi connectivity index (χ4v) is 1.17. The zero-order valence-electron chi connectivity index (χ0n) is 7.78. The highest BCUT2D eigenvalue weighted by Gasteiger charge is 1.93. The molecule has 0 aromatic carbocycles. The van der Waals surface area contributed by atoms with E-state index < -0.39 is 0 Å². The van der Waals surface area contributed by atoms with Crippen LogP contribution in [0.25, 0.3) is 0 Å². The Balaban J connectivity index is 3.78. The van der Waals surface area contributed by atoms with Gasteiger partial charge in [0.1, 0.15) is 0 Å². The van der Waals surface area contributed by atoms with Gasteiger partial charge in [-0.2, -0.15) is 0 Å². The summed E-state index contributed by atoms with van der Waals surface area (Å²) in [6.07, 6.45) is 6.19. The van der Waals surface area contributed by atoms with Crippen LogP contribution in [-0.2, 0) is 0 Å². The number of allylic oxidation sites excluding steroid dienone is 2. The second kappa shape index (κ2) is 5.52. The third-order valence-electron chi connectivity index (χ3n) is 1.59. The predicted molar refractivity (Wildman–Crippen MR) is 48.1 cm³/mol. The second-order valence-corrected chi connectivity index (χ2v) is 3.17. The topological polar surface area (TPSA) is 0 Å². The molecular formula is C10H20. The molecule has 60 valence electrons. The van der Waals surface area contributed by atoms with E-state index in [9.17, 15) is 0 Å². The summed E-state index contributed by atoms with van der Waals surface area (Å²) in [5.41, 5.74) is 1.62. The maximum atomic E-state index is 2.39. The molecular weight excluding hydrogens is 120 g/mol. The van der Waals surface area contributed by atoms with Crippen molar-refractivity contribution in [3.05, 3.63) is 11.6 Å². The summed E-state index contributed by atoms with van der Waals surface area (Å²) in [5.74, 6) is 0.724. The molecule has 0 rings (SSSR count). The minimum atomic E-state index is 0.724. The molecule has 0 radical (unpaired) electrons. The highest BCUT2D eigenvalue weighted by atomic mass is 14.0. The van der Waals surface area contributed by atoms with Gasteiger partial charge in [-0.1, -0.05) is 45.8 Å². The molecule has 0 heterocycles. The molecule has 0 atom stereocenters. The fraction of sp³-hybridized carbons (Fsp3) is 0.800. The minimum Gasteiger partial charge on any atom is -0.0828 e. The first-order chi connectivity index (χ1) is 4.70. The standard InChI is InChI=1S/C10H20/c1-5-7-10(6-2)8-9(3)4/h8-9H,5-7H2,1-4H3. The summed E-state index contributed by atoms with van der Waals surface area (Å²) in [7, 11) is 0. The molecule has 0 saturated heterocycles. The van der Waals surface area contributed by atoms with E-state index in [0.717, 1.165) is 5.92 Å². The maximum Gasteiger partial charge on any atom is -0.0288 e. The Morgan fingerprint density at radius 2 is 1.90 bits per heavy atom. The molecule has 0 amide bonds. The van der Waals surface area contributed by atoms with E-state index in [1.54, 1.807) is 5.57 Å². The number of rotatable bonds is 4. The van der Waals surface area contributed by atoms with Crippen molar-refractivity contribution >= 4 is 0 Å². The van der Waals surface area contributed by atoms with Crippen LogP contribution >= 0.6 is 0 Å². The quantitative estimate of drug-likeness (QED) is 0.521. The lowest BCUT2D eigenvalue weighted by molar-refractivity contribution is 0.778. The Bertz CT molecular complexity index is 98.6. The molecule has 0 aromatic heterocycles. The number of hydrogen-bond donors (Lipinski definition) is 0. The molecule has 0 saturated carbocycles. The number of hydrogen-bond acceptors (Lipinski definition) is 0. The first-order valence-electron chi connectivity index (χ1n) is 4.40. The van der Waals surface area contributed by atoms with Gasteiger partial charge in [-0.25, -0.2) is 0 Å². The predicted octanol–water partition coefficient (Wildman–Crippen LogP) is 3.78. The normalized spacial score (nSPS) is 12.7. The van der Waals surface area contributed by atoms with Crippen molar-refractivity contribution in [2.75, 3.05) is 0 Å². The van der Waals surface area contributed by atoms with Crippen LogP contribution in [0.2, 0.25) is 0 Å². The van der Waals surface area contributed by atoms with Crippen molar-refractivity contribution in [3.8, 4) is 0 Å². The Hall–Kier alpha value is -0.260. The van der Waals surface area contributed by atoms with Crippen molar-refractivity contribution < 1.29 is 0 Å². The highest BCUT2D eigenvalue weighted by molar-refractivity contribution is 5.02. The summed E-state index contributed by atoms with van der Waals surface area (Å²) >= 11 is 0. The summed E-state index contributed by atoms with van der Waals surface area (Å²) in [4.78, 5) is 0. The van der Waals surface area contributed by atoms with Crippen LogP contribution in [-0.4, -0.2) is 0 Å². The Morgan fingerprint density at radius 1 is 1.30 bits per heavy atom. The molecule has 0 unspecified atom stereocenters. The molecule has 0 nitrogen and oxygen atoms in total. The lowest BCUT2D eigenvalue weighted by Crippen LogP contribution is -1.85. The molecule has 0 fully saturated rings. The molecule has 10 heavy (non-hydrogen) atoms. The molecule has 0 aliphatic rings. The third-order valence-corrected chi connectivity index (χ3v) is 1.59. The molecule has 0 aromatic rings. The smallest absolute Gasteiger partial charge is 0.0288 e. The van der Waals surface area contributed by atoms with Gasteiger partial charge in [-0.3, -0.25) is 0 Å². The molecule has 0 aliphatic heterocycles. The van der Waals surface area contributed by atoms with Crippen molar-refractivity contribution in [3.63, 3.8) is 0 Å². The van der Waals surface area contributed by atoms with Crippen LogP contribution in [0.3, 0.4) is 0 Å². The summed E-state index contributed by atoms with van der Waals surface area (Å²) < 4.78 is 0. The lowest BCUT2D eigenvalue weighted by Gasteiger charge is -2.03. The van der Waals surface area contributed by atoms with Gasteiger partial charge in [0, 0.05) is 0 Å². The molecule has 0 heteroatoms. The van der Waals surface area contributed by atoms with Gasteiger partial charge in [0.25, 0.3) is 0 Å². The van der Waals surface area contributed by atoms with Gasteiger partial charge in [-0.15, -0.1) is 0 Å². The second-order valence-electron chi connectivity index (χ2n) is 3.17. The summed E-state index contributed by atoms with van der Waals surface area (Å²) in [6.45, 7) is 8.96. The van der Waals surface area contributed by atoms with Gasteiger partial charge >= 0.3 is 0 Å². The zero-order valence-corrected chi connectivity index (χ0v) is 7.78. The minimum absolute atomic E-state index is 0.724. The molecule has 0 bridgehead atoms. The Labute approximate surface area is 65.3 Å². The van der Waals surface area contributed by atoms with Gasteiger partial charge in [0.05, 0.1) is 0 Å². The van der Waals surface area contributed by atoms with E-state index in [1.165, 1.54) is 19.3 Å². The lowest BCUT2D eigenvalue weighted by atomic mass is 10.0. The third kappa shape index (κ3) is 4.60. The summed E-state index contributed by atoms with van der Waals surface area (Å²) in [5, 5.41) is 0. The van der Waals surface area contributed by atoms with E-state index in [4.69, 9.17) is 0 Å². The fourth-order valence-electron chi connectivity index (χ4n) is 1.17. The van der Waals surface area contributed by atoms with E-state index in [0.29, 0.717) is 0 Å². The van der Waals surface area contributed by atoms with Crippen LogP contribution in [0.4, 0.5) is 0 Å². The monoisotopic (exact) mass is 140 g/mol. The first kappa shape index (κ1) is 9.74. The van der Waals surface area contributed by atoms with E-state index >= 15 is 0 Å². The largest absolute Gasteiger partial charge is 0.0828 e. The van der Waals surface area contributed by atoms with Gasteiger partial charge < -0.3 is 0 Å². The SMILES string of the molecule is CCCC(=CC(C)C)CC. The van der Waals surface area contributed by atoms with Crippen LogP contribution in [0, 0.1) is 5.92 Å². The Morgan fingerprint density at radius 3 is 2.20 bits per heavy atom. The average Bonchev–Trinajstić information content (AvgIpc) is 1.86. The first-order valence-corrected chi connectivity index (χ1v) is 4.40. The van der Waals surface area contributed by atoms with Crippen LogP contribution in [0.1, 0.15) is 47.0 Å². The average molecular weight is 140 g/mol. The maximum absolute atomic E-state index is 2.39. The van der Waals surface area contributed by atoms with Crippen LogP contribution in [0.5, 0.6) is 0 Å². The van der Waals surface area contributed by atoms with Crippen LogP contribution in [0.15, 0.2) is 11.6 Å². The zero-order chi connectivity index (χ0) is 7.98. The molecule has 0 aliphatic carbocycles. The van der Waals surface area contributed by atoms with Gasteiger partial charge in [-0.05, 0) is 18.8 Å². The molecule has 0 spiro atoms. The summed E-state index contributed by atoms with van der Waals surface area (Å²) in [6, 6.07) is 0. The molecule has 0 N–H and O–H groups in total. The van der Waals surface area contributed by atoms with Gasteiger partial charge in [0.2, 0.25) is 0 Å². The van der Waals surface area contributed by atoms with E-state index in [1.807, 2.05) is 0 Å². The van der Waals surface area contributed by atoms with Crippen molar-refractivity contribution in [2.45, 2.75) is 47.0 Å². The van der Waals surface area contributed by atoms with E-state index in [-0.39, 0.29) is 0 Å². The van der Waals surface area contributed by atoms with Crippen LogP contribution < -0.4 is 0 Å². The highest BCUT2D eigenvalue weighted by Crippen LogP contribution is 2.11. The van der Waals surface area contributed by atoms with E-state index in [2.05, 4.69) is 33.8 Å². The van der Waals surface area contributed by atoms with Crippen molar-refractivity contribution in [1.82, 2.24) is 0 Å². The Kier molecular flexibility index (Phi) is 5.38. The van der Waals surface area contributed by atoms with Gasteiger partial charge in [0.15, 0.2) is 0 Å².